The lowest BCUT2D eigenvalue weighted by Crippen LogP contribution is -2.51. The van der Waals surface area contributed by atoms with Gasteiger partial charge in [0.05, 0.1) is 5.92 Å². The fraction of sp³-hybridized carbons (Fsp3) is 0.619. The van der Waals surface area contributed by atoms with E-state index < -0.39 is 5.54 Å². The van der Waals surface area contributed by atoms with Gasteiger partial charge in [0.25, 0.3) is 5.91 Å². The first-order valence-electron chi connectivity index (χ1n) is 10.1. The molecular formula is C21H34N4O2. The molecule has 0 radical (unpaired) electrons. The van der Waals surface area contributed by atoms with Gasteiger partial charge >= 0.3 is 0 Å². The van der Waals surface area contributed by atoms with Gasteiger partial charge in [0, 0.05) is 29.9 Å². The zero-order chi connectivity index (χ0) is 19.9. The van der Waals surface area contributed by atoms with Gasteiger partial charge in [-0.25, -0.2) is 0 Å². The summed E-state index contributed by atoms with van der Waals surface area (Å²) in [6.45, 7) is 9.59. The van der Waals surface area contributed by atoms with Crippen molar-refractivity contribution in [1.82, 2.24) is 10.2 Å². The highest BCUT2D eigenvalue weighted by molar-refractivity contribution is 5.96. The third-order valence-electron chi connectivity index (χ3n) is 5.59. The molecule has 2 amide bonds. The SMILES string of the molecule is CCN(CC)CCNC(=O)c1ccc(NC(=O)C2CCCCC2(C)N)cc1. The maximum atomic E-state index is 12.6. The van der Waals surface area contributed by atoms with Crippen LogP contribution >= 0.6 is 0 Å². The van der Waals surface area contributed by atoms with E-state index in [4.69, 9.17) is 5.73 Å². The van der Waals surface area contributed by atoms with Gasteiger partial charge in [-0.15, -0.1) is 0 Å². The van der Waals surface area contributed by atoms with Crippen LogP contribution in [0.25, 0.3) is 0 Å². The second-order valence-electron chi connectivity index (χ2n) is 7.65. The average molecular weight is 375 g/mol. The predicted octanol–water partition coefficient (Wildman–Crippen LogP) is 2.60. The Hall–Kier alpha value is -1.92. The van der Waals surface area contributed by atoms with E-state index in [1.54, 1.807) is 24.3 Å². The van der Waals surface area contributed by atoms with Crippen molar-refractivity contribution in [2.75, 3.05) is 31.5 Å². The number of carbonyl (C=O) groups excluding carboxylic acids is 2. The van der Waals surface area contributed by atoms with Crippen LogP contribution in [0.5, 0.6) is 0 Å². The molecule has 2 rings (SSSR count). The van der Waals surface area contributed by atoms with Gasteiger partial charge < -0.3 is 21.3 Å². The van der Waals surface area contributed by atoms with Gasteiger partial charge in [-0.2, -0.15) is 0 Å². The lowest BCUT2D eigenvalue weighted by Gasteiger charge is -2.37. The summed E-state index contributed by atoms with van der Waals surface area (Å²) in [6.07, 6.45) is 3.82. The second kappa shape index (κ2) is 9.85. The van der Waals surface area contributed by atoms with Crippen LogP contribution in [0.3, 0.4) is 0 Å². The first-order chi connectivity index (χ1) is 12.9. The summed E-state index contributed by atoms with van der Waals surface area (Å²) in [4.78, 5) is 27.1. The molecule has 150 valence electrons. The fourth-order valence-electron chi connectivity index (χ4n) is 3.69. The number of rotatable bonds is 8. The molecule has 2 atom stereocenters. The topological polar surface area (TPSA) is 87.5 Å². The summed E-state index contributed by atoms with van der Waals surface area (Å²) in [5.74, 6) is -0.299. The van der Waals surface area contributed by atoms with E-state index in [0.717, 1.165) is 45.3 Å². The lowest BCUT2D eigenvalue weighted by atomic mass is 9.74. The lowest BCUT2D eigenvalue weighted by molar-refractivity contribution is -0.122. The van der Waals surface area contributed by atoms with Crippen molar-refractivity contribution in [3.05, 3.63) is 29.8 Å². The standard InChI is InChI=1S/C21H34N4O2/c1-4-25(5-2)15-14-23-19(26)16-9-11-17(12-10-16)24-20(27)18-8-6-7-13-21(18,3)22/h9-12,18H,4-8,13-15,22H2,1-3H3,(H,23,26)(H,24,27). The summed E-state index contributed by atoms with van der Waals surface area (Å²) in [5.41, 5.74) is 7.15. The number of benzene rings is 1. The molecule has 6 heteroatoms. The van der Waals surface area contributed by atoms with Crippen molar-refractivity contribution in [2.24, 2.45) is 11.7 Å². The van der Waals surface area contributed by atoms with E-state index in [1.165, 1.54) is 0 Å². The minimum atomic E-state index is -0.451. The molecule has 1 aliphatic carbocycles. The minimum Gasteiger partial charge on any atom is -0.351 e. The van der Waals surface area contributed by atoms with Gasteiger partial charge in [0.15, 0.2) is 0 Å². The van der Waals surface area contributed by atoms with Gasteiger partial charge in [-0.1, -0.05) is 26.7 Å². The molecule has 0 bridgehead atoms. The molecule has 0 aliphatic heterocycles. The Kier molecular flexibility index (Phi) is 7.80. The summed E-state index contributed by atoms with van der Waals surface area (Å²) in [7, 11) is 0. The van der Waals surface area contributed by atoms with E-state index in [0.29, 0.717) is 17.8 Å². The molecule has 6 nitrogen and oxygen atoms in total. The second-order valence-corrected chi connectivity index (χ2v) is 7.65. The molecule has 1 aromatic carbocycles. The van der Waals surface area contributed by atoms with Crippen LogP contribution in [0.1, 0.15) is 56.8 Å². The van der Waals surface area contributed by atoms with Crippen LogP contribution in [0.4, 0.5) is 5.69 Å². The number of carbonyl (C=O) groups is 2. The molecule has 27 heavy (non-hydrogen) atoms. The molecule has 0 aromatic heterocycles. The highest BCUT2D eigenvalue weighted by Crippen LogP contribution is 2.32. The van der Waals surface area contributed by atoms with Crippen molar-refractivity contribution in [1.29, 1.82) is 0 Å². The molecule has 1 fully saturated rings. The number of likely N-dealkylation sites (N-methyl/N-ethyl adjacent to an activating group) is 1. The number of hydrogen-bond acceptors (Lipinski definition) is 4. The van der Waals surface area contributed by atoms with E-state index in [2.05, 4.69) is 29.4 Å². The molecule has 0 saturated heterocycles. The van der Waals surface area contributed by atoms with Crippen molar-refractivity contribution in [3.8, 4) is 0 Å². The number of nitrogens with two attached hydrogens (primary N) is 1. The van der Waals surface area contributed by atoms with Crippen molar-refractivity contribution < 1.29 is 9.59 Å². The molecule has 0 spiro atoms. The Balaban J connectivity index is 1.87. The smallest absolute Gasteiger partial charge is 0.251 e. The van der Waals surface area contributed by atoms with Crippen LogP contribution in [0.15, 0.2) is 24.3 Å². The Morgan fingerprint density at radius 2 is 1.85 bits per heavy atom. The molecule has 4 N–H and O–H groups in total. The maximum Gasteiger partial charge on any atom is 0.251 e. The molecule has 0 heterocycles. The van der Waals surface area contributed by atoms with Crippen LogP contribution in [-0.2, 0) is 4.79 Å². The Labute approximate surface area is 162 Å². The van der Waals surface area contributed by atoms with Crippen LogP contribution in [0.2, 0.25) is 0 Å². The first kappa shape index (κ1) is 21.4. The normalized spacial score (nSPS) is 22.5. The summed E-state index contributed by atoms with van der Waals surface area (Å²) >= 11 is 0. The Morgan fingerprint density at radius 1 is 1.19 bits per heavy atom. The minimum absolute atomic E-state index is 0.0314. The number of nitrogens with zero attached hydrogens (tertiary/aromatic N) is 1. The molecule has 1 saturated carbocycles. The van der Waals surface area contributed by atoms with Crippen LogP contribution in [0, 0.1) is 5.92 Å². The summed E-state index contributed by atoms with van der Waals surface area (Å²) in [6, 6.07) is 7.03. The predicted molar refractivity (Wildman–Crippen MR) is 110 cm³/mol. The van der Waals surface area contributed by atoms with E-state index in [9.17, 15) is 9.59 Å². The molecule has 1 aliphatic rings. The zero-order valence-electron chi connectivity index (χ0n) is 16.9. The number of anilines is 1. The Bertz CT molecular complexity index is 624. The Morgan fingerprint density at radius 3 is 2.44 bits per heavy atom. The maximum absolute atomic E-state index is 12.6. The van der Waals surface area contributed by atoms with E-state index >= 15 is 0 Å². The molecule has 2 unspecified atom stereocenters. The van der Waals surface area contributed by atoms with Crippen LogP contribution < -0.4 is 16.4 Å². The van der Waals surface area contributed by atoms with E-state index in [1.807, 2.05) is 6.92 Å². The van der Waals surface area contributed by atoms with E-state index in [-0.39, 0.29) is 17.7 Å². The van der Waals surface area contributed by atoms with Gasteiger partial charge in [-0.3, -0.25) is 9.59 Å². The van der Waals surface area contributed by atoms with Gasteiger partial charge in [0.2, 0.25) is 5.91 Å². The fourth-order valence-corrected chi connectivity index (χ4v) is 3.69. The summed E-state index contributed by atoms with van der Waals surface area (Å²) < 4.78 is 0. The first-order valence-corrected chi connectivity index (χ1v) is 10.1. The number of nitrogens with one attached hydrogen (secondary N) is 2. The highest BCUT2D eigenvalue weighted by atomic mass is 16.2. The van der Waals surface area contributed by atoms with Crippen molar-refractivity contribution >= 4 is 17.5 Å². The van der Waals surface area contributed by atoms with Gasteiger partial charge in [0.1, 0.15) is 0 Å². The van der Waals surface area contributed by atoms with Crippen molar-refractivity contribution in [3.63, 3.8) is 0 Å². The third-order valence-corrected chi connectivity index (χ3v) is 5.59. The highest BCUT2D eigenvalue weighted by Gasteiger charge is 2.37. The van der Waals surface area contributed by atoms with Crippen LogP contribution in [-0.4, -0.2) is 48.4 Å². The number of amides is 2. The zero-order valence-corrected chi connectivity index (χ0v) is 16.9. The average Bonchev–Trinajstić information content (AvgIpc) is 2.65. The molecular weight excluding hydrogens is 340 g/mol. The third kappa shape index (κ3) is 6.04. The number of hydrogen-bond donors (Lipinski definition) is 3. The molecule has 1 aromatic rings. The summed E-state index contributed by atoms with van der Waals surface area (Å²) in [5, 5.41) is 5.89. The van der Waals surface area contributed by atoms with Crippen molar-refractivity contribution in [2.45, 2.75) is 52.0 Å². The van der Waals surface area contributed by atoms with Gasteiger partial charge in [-0.05, 0) is 57.1 Å². The quantitative estimate of drug-likeness (QED) is 0.653. The largest absolute Gasteiger partial charge is 0.351 e. The monoisotopic (exact) mass is 374 g/mol.